The Labute approximate surface area is 212 Å². The molecule has 0 aliphatic carbocycles. The molecule has 0 spiro atoms. The summed E-state index contributed by atoms with van der Waals surface area (Å²) < 4.78 is 8.74. The van der Waals surface area contributed by atoms with E-state index in [9.17, 15) is 14.9 Å². The summed E-state index contributed by atoms with van der Waals surface area (Å²) >= 11 is 5.92. The lowest BCUT2D eigenvalue weighted by atomic mass is 10.2. The van der Waals surface area contributed by atoms with Crippen molar-refractivity contribution in [3.8, 4) is 6.07 Å². The van der Waals surface area contributed by atoms with E-state index in [2.05, 4.69) is 16.0 Å². The molecule has 0 unspecified atom stereocenters. The lowest BCUT2D eigenvalue weighted by Gasteiger charge is -2.14. The predicted molar refractivity (Wildman–Crippen MR) is 138 cm³/mol. The van der Waals surface area contributed by atoms with Crippen LogP contribution in [0.2, 0.25) is 5.02 Å². The third-order valence-corrected chi connectivity index (χ3v) is 5.64. The van der Waals surface area contributed by atoms with Crippen LogP contribution in [-0.2, 0) is 16.1 Å². The van der Waals surface area contributed by atoms with Crippen molar-refractivity contribution in [3.63, 3.8) is 0 Å². The summed E-state index contributed by atoms with van der Waals surface area (Å²) in [6.45, 7) is 4.69. The van der Waals surface area contributed by atoms with E-state index in [1.807, 2.05) is 13.8 Å². The molecule has 0 saturated carbocycles. The summed E-state index contributed by atoms with van der Waals surface area (Å²) in [4.78, 5) is 34.9. The van der Waals surface area contributed by atoms with Gasteiger partial charge in [-0.2, -0.15) is 10.3 Å². The van der Waals surface area contributed by atoms with E-state index in [0.717, 1.165) is 5.56 Å². The highest BCUT2D eigenvalue weighted by Gasteiger charge is 2.14. The Hall–Kier alpha value is -4.06. The second-order valence-electron chi connectivity index (χ2n) is 8.34. The Morgan fingerprint density at radius 1 is 1.25 bits per heavy atom. The molecule has 3 aromatic heterocycles. The SMILES string of the molecule is CC(C)OCCCn1c(=NC(=O)/C=C/c2ccc(Cl)cc2)c(C#N)cc2c(=O)n3ccccc3nc21. The Kier molecular flexibility index (Phi) is 7.74. The van der Waals surface area contributed by atoms with Crippen LogP contribution >= 0.6 is 11.6 Å². The van der Waals surface area contributed by atoms with Gasteiger partial charge in [0.05, 0.1) is 17.1 Å². The number of aryl methyl sites for hydroxylation is 1. The molecule has 9 heteroatoms. The first-order chi connectivity index (χ1) is 17.4. The minimum Gasteiger partial charge on any atom is -0.379 e. The summed E-state index contributed by atoms with van der Waals surface area (Å²) in [5.41, 5.74) is 1.53. The van der Waals surface area contributed by atoms with Gasteiger partial charge in [0.1, 0.15) is 17.4 Å². The van der Waals surface area contributed by atoms with Gasteiger partial charge >= 0.3 is 0 Å². The van der Waals surface area contributed by atoms with E-state index in [1.165, 1.54) is 16.5 Å². The van der Waals surface area contributed by atoms with E-state index in [1.54, 1.807) is 59.3 Å². The second kappa shape index (κ2) is 11.1. The van der Waals surface area contributed by atoms with Gasteiger partial charge < -0.3 is 9.30 Å². The number of fused-ring (bicyclic) bond motifs is 2. The van der Waals surface area contributed by atoms with Crippen LogP contribution in [0.1, 0.15) is 31.4 Å². The van der Waals surface area contributed by atoms with Gasteiger partial charge in [-0.1, -0.05) is 29.8 Å². The first-order valence-electron chi connectivity index (χ1n) is 11.5. The van der Waals surface area contributed by atoms with Crippen LogP contribution in [0.15, 0.2) is 70.6 Å². The Balaban J connectivity index is 1.87. The molecule has 0 bridgehead atoms. The van der Waals surface area contributed by atoms with Crippen molar-refractivity contribution in [1.29, 1.82) is 5.26 Å². The standard InChI is InChI=1S/C27H24ClN5O3/c1-18(2)36-15-5-14-33-25(31-24(34)12-9-19-7-10-21(28)11-8-19)20(17-29)16-22-26(33)30-23-6-3-4-13-32(23)27(22)35/h3-4,6-13,16,18H,5,14-15H2,1-2H3/b12-9+,31-25?. The molecule has 0 aliphatic rings. The highest BCUT2D eigenvalue weighted by Crippen LogP contribution is 2.12. The lowest BCUT2D eigenvalue weighted by Crippen LogP contribution is -2.30. The van der Waals surface area contributed by atoms with Gasteiger partial charge in [-0.05, 0) is 62.2 Å². The lowest BCUT2D eigenvalue weighted by molar-refractivity contribution is -0.113. The molecular formula is C27H24ClN5O3. The number of pyridine rings is 2. The number of benzene rings is 1. The molecule has 0 N–H and O–H groups in total. The van der Waals surface area contributed by atoms with Gasteiger partial charge in [0.25, 0.3) is 11.5 Å². The van der Waals surface area contributed by atoms with E-state index in [-0.39, 0.29) is 28.1 Å². The predicted octanol–water partition coefficient (Wildman–Crippen LogP) is 4.13. The second-order valence-corrected chi connectivity index (χ2v) is 8.77. The van der Waals surface area contributed by atoms with E-state index < -0.39 is 5.91 Å². The van der Waals surface area contributed by atoms with Crippen LogP contribution in [-0.4, -0.2) is 32.6 Å². The van der Waals surface area contributed by atoms with Crippen LogP contribution in [0.5, 0.6) is 0 Å². The monoisotopic (exact) mass is 501 g/mol. The molecule has 4 rings (SSSR count). The quantitative estimate of drug-likeness (QED) is 0.215. The number of rotatable bonds is 7. The molecule has 0 saturated heterocycles. The summed E-state index contributed by atoms with van der Waals surface area (Å²) in [5, 5.41) is 10.7. The summed E-state index contributed by atoms with van der Waals surface area (Å²) in [7, 11) is 0. The number of halogens is 1. The summed E-state index contributed by atoms with van der Waals surface area (Å²) in [5.74, 6) is -0.550. The number of aromatic nitrogens is 3. The minimum absolute atomic E-state index is 0.0626. The smallest absolute Gasteiger partial charge is 0.271 e. The number of hydrogen-bond donors (Lipinski definition) is 0. The molecule has 1 amide bonds. The average molecular weight is 502 g/mol. The first-order valence-corrected chi connectivity index (χ1v) is 11.8. The Morgan fingerprint density at radius 3 is 2.75 bits per heavy atom. The molecular weight excluding hydrogens is 478 g/mol. The molecule has 0 atom stereocenters. The highest BCUT2D eigenvalue weighted by molar-refractivity contribution is 6.30. The van der Waals surface area contributed by atoms with E-state index in [4.69, 9.17) is 16.3 Å². The number of ether oxygens (including phenoxy) is 1. The van der Waals surface area contributed by atoms with Gasteiger partial charge in [0.2, 0.25) is 0 Å². The Bertz CT molecular complexity index is 1630. The van der Waals surface area contributed by atoms with Gasteiger partial charge in [-0.15, -0.1) is 0 Å². The Morgan fingerprint density at radius 2 is 2.03 bits per heavy atom. The van der Waals surface area contributed by atoms with Crippen molar-refractivity contribution in [2.24, 2.45) is 4.99 Å². The van der Waals surface area contributed by atoms with Crippen LogP contribution in [0.3, 0.4) is 0 Å². The van der Waals surface area contributed by atoms with Crippen molar-refractivity contribution in [2.45, 2.75) is 32.9 Å². The fourth-order valence-corrected chi connectivity index (χ4v) is 3.84. The van der Waals surface area contributed by atoms with Crippen molar-refractivity contribution >= 4 is 40.3 Å². The van der Waals surface area contributed by atoms with Crippen LogP contribution < -0.4 is 11.0 Å². The zero-order valence-electron chi connectivity index (χ0n) is 19.9. The van der Waals surface area contributed by atoms with Crippen molar-refractivity contribution in [1.82, 2.24) is 14.0 Å². The third-order valence-electron chi connectivity index (χ3n) is 5.39. The molecule has 36 heavy (non-hydrogen) atoms. The van der Waals surface area contributed by atoms with Crippen LogP contribution in [0.25, 0.3) is 22.8 Å². The highest BCUT2D eigenvalue weighted by atomic mass is 35.5. The van der Waals surface area contributed by atoms with E-state index >= 15 is 0 Å². The van der Waals surface area contributed by atoms with Crippen LogP contribution in [0.4, 0.5) is 0 Å². The maximum atomic E-state index is 13.2. The third kappa shape index (κ3) is 5.60. The van der Waals surface area contributed by atoms with Gasteiger partial charge in [0.15, 0.2) is 5.49 Å². The molecule has 8 nitrogen and oxygen atoms in total. The molecule has 0 aliphatic heterocycles. The maximum Gasteiger partial charge on any atom is 0.271 e. The van der Waals surface area contributed by atoms with Gasteiger partial charge in [-0.3, -0.25) is 14.0 Å². The number of nitrogens with zero attached hydrogens (tertiary/aromatic N) is 5. The average Bonchev–Trinajstić information content (AvgIpc) is 2.87. The number of amides is 1. The van der Waals surface area contributed by atoms with Gasteiger partial charge in [-0.25, -0.2) is 4.98 Å². The summed E-state index contributed by atoms with van der Waals surface area (Å²) in [6.07, 6.45) is 5.20. The molecule has 182 valence electrons. The largest absolute Gasteiger partial charge is 0.379 e. The maximum absolute atomic E-state index is 13.2. The number of hydrogen-bond acceptors (Lipinski definition) is 5. The molecule has 0 radical (unpaired) electrons. The molecule has 0 fully saturated rings. The zero-order valence-corrected chi connectivity index (χ0v) is 20.6. The minimum atomic E-state index is -0.550. The van der Waals surface area contributed by atoms with Gasteiger partial charge in [0, 0.05) is 30.4 Å². The number of carbonyl (C=O) groups is 1. The van der Waals surface area contributed by atoms with Crippen molar-refractivity contribution in [2.75, 3.05) is 6.61 Å². The first kappa shape index (κ1) is 25.0. The molecule has 4 aromatic rings. The zero-order chi connectivity index (χ0) is 25.7. The fraction of sp³-hybridized carbons (Fsp3) is 0.222. The number of nitriles is 1. The number of carbonyl (C=O) groups excluding carboxylic acids is 1. The topological polar surface area (TPSA) is 102 Å². The van der Waals surface area contributed by atoms with E-state index in [0.29, 0.717) is 35.9 Å². The molecule has 3 heterocycles. The normalized spacial score (nSPS) is 12.1. The summed E-state index contributed by atoms with van der Waals surface area (Å²) in [6, 6.07) is 15.8. The van der Waals surface area contributed by atoms with Crippen molar-refractivity contribution in [3.05, 3.63) is 92.8 Å². The fourth-order valence-electron chi connectivity index (χ4n) is 3.72. The molecule has 1 aromatic carbocycles. The van der Waals surface area contributed by atoms with Crippen molar-refractivity contribution < 1.29 is 9.53 Å². The van der Waals surface area contributed by atoms with Crippen LogP contribution in [0, 0.1) is 11.3 Å².